The summed E-state index contributed by atoms with van der Waals surface area (Å²) in [6, 6.07) is 98.0. The molecule has 14 rings (SSSR count). The summed E-state index contributed by atoms with van der Waals surface area (Å²) in [5.74, 6) is 0. The van der Waals surface area contributed by atoms with E-state index in [1.807, 2.05) is 11.3 Å². The highest BCUT2D eigenvalue weighted by Gasteiger charge is 2.21. The Balaban J connectivity index is 0.924. The zero-order valence-corrected chi connectivity index (χ0v) is 39.5. The second-order valence-electron chi connectivity index (χ2n) is 18.4. The molecule has 0 atom stereocenters. The van der Waals surface area contributed by atoms with Gasteiger partial charge in [0.2, 0.25) is 0 Å². The van der Waals surface area contributed by atoms with Crippen LogP contribution in [-0.4, -0.2) is 4.57 Å². The van der Waals surface area contributed by atoms with E-state index >= 15 is 0 Å². The van der Waals surface area contributed by atoms with Gasteiger partial charge in [-0.15, -0.1) is 11.3 Å². The summed E-state index contributed by atoms with van der Waals surface area (Å²) in [4.78, 5) is 2.44. The van der Waals surface area contributed by atoms with Gasteiger partial charge in [-0.3, -0.25) is 0 Å². The van der Waals surface area contributed by atoms with E-state index in [1.54, 1.807) is 0 Å². The second-order valence-corrected chi connectivity index (χ2v) is 19.4. The Morgan fingerprint density at radius 3 is 1.54 bits per heavy atom. The Morgan fingerprint density at radius 1 is 0.282 bits per heavy atom. The summed E-state index contributed by atoms with van der Waals surface area (Å²) >= 11 is 1.90. The van der Waals surface area contributed by atoms with Gasteiger partial charge < -0.3 is 9.47 Å². The molecular formula is C68H44N2S. The predicted molar refractivity (Wildman–Crippen MR) is 305 cm³/mol. The number of rotatable bonds is 8. The Labute approximate surface area is 416 Å². The van der Waals surface area contributed by atoms with Crippen molar-refractivity contribution in [1.82, 2.24) is 4.57 Å². The molecule has 14 aromatic rings. The van der Waals surface area contributed by atoms with Gasteiger partial charge in [0.1, 0.15) is 0 Å². The van der Waals surface area contributed by atoms with E-state index in [-0.39, 0.29) is 0 Å². The van der Waals surface area contributed by atoms with E-state index in [2.05, 4.69) is 276 Å². The van der Waals surface area contributed by atoms with E-state index in [1.165, 1.54) is 91.3 Å². The Morgan fingerprint density at radius 2 is 0.789 bits per heavy atom. The molecule has 332 valence electrons. The van der Waals surface area contributed by atoms with Crippen LogP contribution in [0.3, 0.4) is 0 Å². The zero-order chi connectivity index (χ0) is 46.8. The first-order valence-corrected chi connectivity index (χ1v) is 25.1. The summed E-state index contributed by atoms with van der Waals surface area (Å²) in [7, 11) is 0. The zero-order valence-electron chi connectivity index (χ0n) is 38.7. The second kappa shape index (κ2) is 16.9. The third-order valence-electron chi connectivity index (χ3n) is 14.4. The van der Waals surface area contributed by atoms with Crippen LogP contribution < -0.4 is 4.90 Å². The smallest absolute Gasteiger partial charge is 0.0541 e. The van der Waals surface area contributed by atoms with Crippen molar-refractivity contribution < 1.29 is 0 Å². The average molecular weight is 921 g/mol. The number of benzene rings is 12. The highest BCUT2D eigenvalue weighted by Crippen LogP contribution is 2.47. The lowest BCUT2D eigenvalue weighted by atomic mass is 9.94. The number of nitrogens with zero attached hydrogens (tertiary/aromatic N) is 2. The molecule has 3 heteroatoms. The minimum Gasteiger partial charge on any atom is -0.310 e. The van der Waals surface area contributed by atoms with Crippen molar-refractivity contribution in [2.24, 2.45) is 0 Å². The van der Waals surface area contributed by atoms with Gasteiger partial charge in [0.25, 0.3) is 0 Å². The van der Waals surface area contributed by atoms with Crippen LogP contribution in [0.4, 0.5) is 17.1 Å². The maximum absolute atomic E-state index is 2.44. The minimum absolute atomic E-state index is 1.07. The lowest BCUT2D eigenvalue weighted by Crippen LogP contribution is -2.11. The molecule has 0 unspecified atom stereocenters. The highest BCUT2D eigenvalue weighted by atomic mass is 32.1. The van der Waals surface area contributed by atoms with Crippen molar-refractivity contribution in [3.8, 4) is 50.2 Å². The maximum atomic E-state index is 2.44. The molecule has 12 aromatic carbocycles. The normalized spacial score (nSPS) is 11.7. The third-order valence-corrected chi connectivity index (χ3v) is 15.7. The molecule has 0 amide bonds. The third kappa shape index (κ3) is 6.93. The topological polar surface area (TPSA) is 8.17 Å². The highest BCUT2D eigenvalue weighted by molar-refractivity contribution is 7.27. The van der Waals surface area contributed by atoms with Crippen molar-refractivity contribution in [2.75, 3.05) is 4.90 Å². The summed E-state index contributed by atoms with van der Waals surface area (Å²) < 4.78 is 5.08. The quantitative estimate of drug-likeness (QED) is 0.147. The van der Waals surface area contributed by atoms with Gasteiger partial charge in [0.15, 0.2) is 0 Å². The molecule has 2 nitrogen and oxygen atoms in total. The van der Waals surface area contributed by atoms with Crippen molar-refractivity contribution >= 4 is 91.9 Å². The van der Waals surface area contributed by atoms with Crippen LogP contribution in [0.2, 0.25) is 0 Å². The molecule has 2 aromatic heterocycles. The Bertz CT molecular complexity index is 4280. The molecule has 2 heterocycles. The van der Waals surface area contributed by atoms with Crippen molar-refractivity contribution in [3.05, 3.63) is 267 Å². The maximum Gasteiger partial charge on any atom is 0.0541 e. The van der Waals surface area contributed by atoms with Gasteiger partial charge in [-0.1, -0.05) is 206 Å². The number of hydrogen-bond acceptors (Lipinski definition) is 2. The monoisotopic (exact) mass is 920 g/mol. The molecule has 0 saturated heterocycles. The van der Waals surface area contributed by atoms with Crippen LogP contribution in [0, 0.1) is 0 Å². The summed E-state index contributed by atoms with van der Waals surface area (Å²) in [6.07, 6.45) is 0. The average Bonchev–Trinajstić information content (AvgIpc) is 4.00. The van der Waals surface area contributed by atoms with Gasteiger partial charge in [0.05, 0.1) is 22.4 Å². The molecular weight excluding hydrogens is 877 g/mol. The predicted octanol–water partition coefficient (Wildman–Crippen LogP) is 19.6. The number of hydrogen-bond donors (Lipinski definition) is 0. The van der Waals surface area contributed by atoms with E-state index in [4.69, 9.17) is 0 Å². The van der Waals surface area contributed by atoms with Crippen LogP contribution >= 0.6 is 11.3 Å². The van der Waals surface area contributed by atoms with Gasteiger partial charge in [-0.25, -0.2) is 0 Å². The number of aromatic nitrogens is 1. The fourth-order valence-corrected chi connectivity index (χ4v) is 12.4. The number of fused-ring (bicyclic) bond motifs is 9. The van der Waals surface area contributed by atoms with Crippen molar-refractivity contribution in [3.63, 3.8) is 0 Å². The van der Waals surface area contributed by atoms with E-state index < -0.39 is 0 Å². The molecule has 0 spiro atoms. The SMILES string of the molecule is c1ccc(-c2cc(-c3ccc4ccccc4c3)ccc2N(c2ccc(-c3ccccc3-n3c4ccccc4c4ccccc43)cc2)c2ccc(-c3cccc4c3sc3c5ccccc5ccc43)cc2)cc1. The van der Waals surface area contributed by atoms with Crippen LogP contribution in [-0.2, 0) is 0 Å². The minimum atomic E-state index is 1.07. The summed E-state index contributed by atoms with van der Waals surface area (Å²) in [5.41, 5.74) is 16.3. The molecule has 0 aliphatic heterocycles. The van der Waals surface area contributed by atoms with Gasteiger partial charge in [-0.05, 0) is 116 Å². The lowest BCUT2D eigenvalue weighted by molar-refractivity contribution is 1.18. The molecule has 0 aliphatic carbocycles. The van der Waals surface area contributed by atoms with E-state index in [0.29, 0.717) is 0 Å². The first-order valence-electron chi connectivity index (χ1n) is 24.3. The first kappa shape index (κ1) is 41.0. The standard InChI is InChI=1S/C68H44N2S/c1-2-16-46(17-3-1)62-44-52(51-30-29-45-15-4-5-19-50(45)43-51)36-42-66(62)69(54-39-33-49(34-40-54)57-24-14-25-60-61-41-35-47-18-6-7-21-56(47)68(61)71-67(57)60)53-37-31-48(32-38-53)55-20-8-11-26-63(55)70-64-27-12-9-22-58(64)59-23-10-13-28-65(59)70/h1-44H. The Hall–Kier alpha value is -9.02. The number of thiophene rings is 1. The first-order chi connectivity index (χ1) is 35.2. The Kier molecular flexibility index (Phi) is 9.75. The number of para-hydroxylation sites is 3. The van der Waals surface area contributed by atoms with Gasteiger partial charge >= 0.3 is 0 Å². The summed E-state index contributed by atoms with van der Waals surface area (Å²) in [5, 5.41) is 10.2. The van der Waals surface area contributed by atoms with Gasteiger partial charge in [-0.2, -0.15) is 0 Å². The fraction of sp³-hybridized carbons (Fsp3) is 0. The molecule has 0 radical (unpaired) electrons. The van der Waals surface area contributed by atoms with Crippen LogP contribution in [0.5, 0.6) is 0 Å². The van der Waals surface area contributed by atoms with Crippen LogP contribution in [0.15, 0.2) is 267 Å². The van der Waals surface area contributed by atoms with Crippen molar-refractivity contribution in [1.29, 1.82) is 0 Å². The number of anilines is 3. The van der Waals surface area contributed by atoms with E-state index in [0.717, 1.165) is 39.4 Å². The molecule has 0 aliphatic rings. The van der Waals surface area contributed by atoms with E-state index in [9.17, 15) is 0 Å². The molecule has 0 N–H and O–H groups in total. The largest absolute Gasteiger partial charge is 0.310 e. The molecule has 71 heavy (non-hydrogen) atoms. The summed E-state index contributed by atoms with van der Waals surface area (Å²) in [6.45, 7) is 0. The van der Waals surface area contributed by atoms with Crippen LogP contribution in [0.25, 0.3) is 114 Å². The molecule has 0 bridgehead atoms. The molecule has 0 saturated carbocycles. The van der Waals surface area contributed by atoms with Crippen LogP contribution in [0.1, 0.15) is 0 Å². The van der Waals surface area contributed by atoms with Crippen molar-refractivity contribution in [2.45, 2.75) is 0 Å². The fourth-order valence-electron chi connectivity index (χ4n) is 11.0. The lowest BCUT2D eigenvalue weighted by Gasteiger charge is -2.29. The van der Waals surface area contributed by atoms with Gasteiger partial charge in [0, 0.05) is 53.4 Å². The molecule has 0 fully saturated rings.